The highest BCUT2D eigenvalue weighted by atomic mass is 16.5. The topological polar surface area (TPSA) is 80.6 Å². The Morgan fingerprint density at radius 1 is 1.09 bits per heavy atom. The molecule has 3 saturated carbocycles. The first kappa shape index (κ1) is 22.3. The van der Waals surface area contributed by atoms with Crippen molar-refractivity contribution < 1.29 is 14.3 Å². The van der Waals surface area contributed by atoms with Gasteiger partial charge in [-0.15, -0.1) is 0 Å². The summed E-state index contributed by atoms with van der Waals surface area (Å²) in [4.78, 5) is 27.9. The van der Waals surface area contributed by atoms with Crippen LogP contribution in [0.3, 0.4) is 0 Å². The van der Waals surface area contributed by atoms with Gasteiger partial charge in [-0.05, 0) is 80.2 Å². The molecular weight excluding hydrogens is 414 g/mol. The number of hydrazone groups is 1. The van der Waals surface area contributed by atoms with Crippen LogP contribution in [0.1, 0.15) is 82.5 Å². The van der Waals surface area contributed by atoms with Gasteiger partial charge in [0.1, 0.15) is 6.10 Å². The van der Waals surface area contributed by atoms with Crippen molar-refractivity contribution in [3.8, 4) is 0 Å². The van der Waals surface area contributed by atoms with Crippen LogP contribution in [0.25, 0.3) is 0 Å². The Balaban J connectivity index is 1.33. The van der Waals surface area contributed by atoms with E-state index in [1.165, 1.54) is 18.9 Å². The summed E-state index contributed by atoms with van der Waals surface area (Å²) in [5.41, 5.74) is 6.35. The second kappa shape index (κ2) is 8.37. The molecule has 6 nitrogen and oxygen atoms in total. The van der Waals surface area contributed by atoms with Gasteiger partial charge in [0.05, 0.1) is 0 Å². The van der Waals surface area contributed by atoms with Crippen molar-refractivity contribution in [1.82, 2.24) is 10.4 Å². The van der Waals surface area contributed by atoms with E-state index in [0.29, 0.717) is 23.3 Å². The van der Waals surface area contributed by atoms with Crippen molar-refractivity contribution in [2.45, 2.75) is 78.2 Å². The Bertz CT molecular complexity index is 1000. The van der Waals surface area contributed by atoms with Crippen LogP contribution in [0.5, 0.6) is 0 Å². The van der Waals surface area contributed by atoms with E-state index in [-0.39, 0.29) is 28.8 Å². The minimum absolute atomic E-state index is 0.0430. The lowest BCUT2D eigenvalue weighted by Gasteiger charge is -2.57. The van der Waals surface area contributed by atoms with Crippen molar-refractivity contribution in [1.29, 1.82) is 0 Å². The molecule has 4 aliphatic rings. The molecule has 33 heavy (non-hydrogen) atoms. The summed E-state index contributed by atoms with van der Waals surface area (Å²) in [6, 6.07) is 3.42. The minimum Gasteiger partial charge on any atom is -0.462 e. The molecule has 1 heterocycles. The zero-order chi connectivity index (χ0) is 23.2. The SMILES string of the molecule is CC(=O)O[C@@H]1CC[C@@]2(C)C(=CC[C@H]3[C@H]2CC[C@@]2(C)/C(=N\NC(=O)c4ccncc4)CC[C@H]32)C1. The van der Waals surface area contributed by atoms with Gasteiger partial charge in [-0.2, -0.15) is 5.10 Å². The highest BCUT2D eigenvalue weighted by molar-refractivity contribution is 5.97. The second-order valence-electron chi connectivity index (χ2n) is 11.0. The van der Waals surface area contributed by atoms with Gasteiger partial charge >= 0.3 is 5.97 Å². The molecule has 5 rings (SSSR count). The maximum absolute atomic E-state index is 12.5. The number of fused-ring (bicyclic) bond motifs is 5. The first-order chi connectivity index (χ1) is 15.8. The first-order valence-electron chi connectivity index (χ1n) is 12.5. The smallest absolute Gasteiger partial charge is 0.302 e. The molecular formula is C27H35N3O3. The summed E-state index contributed by atoms with van der Waals surface area (Å²) in [5.74, 6) is 1.60. The fourth-order valence-electron chi connectivity index (χ4n) is 7.62. The molecule has 6 atom stereocenters. The van der Waals surface area contributed by atoms with E-state index in [0.717, 1.165) is 50.7 Å². The number of hydrogen-bond donors (Lipinski definition) is 1. The molecule has 0 spiro atoms. The number of pyridine rings is 1. The molecule has 1 N–H and O–H groups in total. The maximum atomic E-state index is 12.5. The molecule has 0 aliphatic heterocycles. The van der Waals surface area contributed by atoms with E-state index in [1.807, 2.05) is 0 Å². The number of nitrogens with zero attached hydrogens (tertiary/aromatic N) is 2. The third-order valence-electron chi connectivity index (χ3n) is 9.37. The van der Waals surface area contributed by atoms with Crippen molar-refractivity contribution >= 4 is 17.6 Å². The lowest BCUT2D eigenvalue weighted by atomic mass is 9.48. The van der Waals surface area contributed by atoms with E-state index >= 15 is 0 Å². The average molecular weight is 450 g/mol. The Morgan fingerprint density at radius 3 is 2.58 bits per heavy atom. The zero-order valence-corrected chi connectivity index (χ0v) is 20.0. The number of esters is 1. The quantitative estimate of drug-likeness (QED) is 0.397. The summed E-state index contributed by atoms with van der Waals surface area (Å²) < 4.78 is 5.57. The molecule has 1 aromatic heterocycles. The predicted octanol–water partition coefficient (Wildman–Crippen LogP) is 5.06. The molecule has 0 saturated heterocycles. The van der Waals surface area contributed by atoms with Crippen molar-refractivity contribution in [2.24, 2.45) is 33.7 Å². The molecule has 0 unspecified atom stereocenters. The number of ether oxygens (including phenoxy) is 1. The molecule has 0 aromatic carbocycles. The van der Waals surface area contributed by atoms with Gasteiger partial charge in [0.15, 0.2) is 0 Å². The maximum Gasteiger partial charge on any atom is 0.302 e. The Hall–Kier alpha value is -2.50. The van der Waals surface area contributed by atoms with Crippen LogP contribution in [0.15, 0.2) is 41.3 Å². The standard InChI is InChI=1S/C27H35N3O3/c1-17(31)33-20-8-12-26(2)19(16-20)4-5-21-22-6-7-24(27(22,3)13-9-23(21)26)29-30-25(32)18-10-14-28-15-11-18/h4,10-11,14-15,20-23H,5-9,12-13,16H2,1-3H3,(H,30,32)/b29-24-/t20-,21-,22-,23-,26+,27-/m1/s1. The zero-order valence-electron chi connectivity index (χ0n) is 20.0. The molecule has 0 radical (unpaired) electrons. The monoisotopic (exact) mass is 449 g/mol. The number of nitrogens with one attached hydrogen (secondary N) is 1. The molecule has 1 amide bonds. The number of hydrogen-bond acceptors (Lipinski definition) is 5. The largest absolute Gasteiger partial charge is 0.462 e. The lowest BCUT2D eigenvalue weighted by Crippen LogP contribution is -2.50. The number of carbonyl (C=O) groups is 2. The summed E-state index contributed by atoms with van der Waals surface area (Å²) in [5, 5.41) is 4.66. The fourth-order valence-corrected chi connectivity index (χ4v) is 7.62. The third kappa shape index (κ3) is 3.81. The van der Waals surface area contributed by atoms with Crippen LogP contribution >= 0.6 is 0 Å². The summed E-state index contributed by atoms with van der Waals surface area (Å²) >= 11 is 0. The van der Waals surface area contributed by atoms with Crippen molar-refractivity contribution in [3.05, 3.63) is 41.7 Å². The van der Waals surface area contributed by atoms with Crippen LogP contribution in [0.4, 0.5) is 0 Å². The molecule has 1 aromatic rings. The number of amides is 1. The highest BCUT2D eigenvalue weighted by Crippen LogP contribution is 2.64. The fraction of sp³-hybridized carbons (Fsp3) is 0.630. The number of aromatic nitrogens is 1. The van der Waals surface area contributed by atoms with Crippen molar-refractivity contribution in [3.63, 3.8) is 0 Å². The third-order valence-corrected chi connectivity index (χ3v) is 9.37. The van der Waals surface area contributed by atoms with E-state index in [9.17, 15) is 9.59 Å². The molecule has 3 fully saturated rings. The molecule has 6 heteroatoms. The van der Waals surface area contributed by atoms with Crippen molar-refractivity contribution in [2.75, 3.05) is 0 Å². The van der Waals surface area contributed by atoms with E-state index in [4.69, 9.17) is 4.74 Å². The van der Waals surface area contributed by atoms with Gasteiger partial charge in [-0.1, -0.05) is 25.5 Å². The van der Waals surface area contributed by atoms with E-state index < -0.39 is 0 Å². The van der Waals surface area contributed by atoms with Gasteiger partial charge in [-0.3, -0.25) is 14.6 Å². The first-order valence-corrected chi connectivity index (χ1v) is 12.5. The molecule has 4 aliphatic carbocycles. The Kier molecular flexibility index (Phi) is 5.66. The van der Waals surface area contributed by atoms with E-state index in [2.05, 4.69) is 35.4 Å². The normalized spacial score (nSPS) is 38.5. The van der Waals surface area contributed by atoms with Gasteiger partial charge in [-0.25, -0.2) is 5.43 Å². The van der Waals surface area contributed by atoms with Crippen LogP contribution in [-0.2, 0) is 9.53 Å². The van der Waals surface area contributed by atoms with Crippen LogP contribution < -0.4 is 5.43 Å². The van der Waals surface area contributed by atoms with Crippen LogP contribution in [0, 0.1) is 28.6 Å². The summed E-state index contributed by atoms with van der Waals surface area (Å²) in [7, 11) is 0. The van der Waals surface area contributed by atoms with Crippen LogP contribution in [-0.4, -0.2) is 28.7 Å². The second-order valence-corrected chi connectivity index (χ2v) is 11.0. The lowest BCUT2D eigenvalue weighted by molar-refractivity contribution is -0.148. The summed E-state index contributed by atoms with van der Waals surface area (Å²) in [6.45, 7) is 6.35. The number of allylic oxidation sites excluding steroid dienone is 1. The van der Waals surface area contributed by atoms with Gasteiger partial charge in [0.25, 0.3) is 5.91 Å². The molecule has 0 bridgehead atoms. The Labute approximate surface area is 196 Å². The van der Waals surface area contributed by atoms with Gasteiger partial charge < -0.3 is 4.74 Å². The minimum atomic E-state index is -0.173. The predicted molar refractivity (Wildman–Crippen MR) is 126 cm³/mol. The molecule has 176 valence electrons. The van der Waals surface area contributed by atoms with E-state index in [1.54, 1.807) is 24.5 Å². The average Bonchev–Trinajstić information content (AvgIpc) is 3.14. The highest BCUT2D eigenvalue weighted by Gasteiger charge is 2.58. The van der Waals surface area contributed by atoms with Crippen LogP contribution in [0.2, 0.25) is 0 Å². The summed E-state index contributed by atoms with van der Waals surface area (Å²) in [6.07, 6.45) is 14.3. The number of rotatable bonds is 3. The van der Waals surface area contributed by atoms with Gasteiger partial charge in [0.2, 0.25) is 0 Å². The van der Waals surface area contributed by atoms with Gasteiger partial charge in [0, 0.05) is 42.4 Å². The Morgan fingerprint density at radius 2 is 1.82 bits per heavy atom. The number of carbonyl (C=O) groups excluding carboxylic acids is 2.